The molecule has 156 valence electrons. The van der Waals surface area contributed by atoms with Gasteiger partial charge in [-0.2, -0.15) is 0 Å². The number of hydrogen-bond acceptors (Lipinski definition) is 4. The molecule has 0 fully saturated rings. The van der Waals surface area contributed by atoms with Crippen LogP contribution in [0.15, 0.2) is 83.0 Å². The fraction of sp³-hybridized carbons (Fsp3) is 0.125. The second-order valence-electron chi connectivity index (χ2n) is 7.05. The molecule has 1 aromatic heterocycles. The fourth-order valence-electron chi connectivity index (χ4n) is 3.28. The number of hydrogen-bond donors (Lipinski definition) is 1. The van der Waals surface area contributed by atoms with Crippen molar-refractivity contribution < 1.29 is 14.6 Å². The molecule has 0 spiro atoms. The molecular formula is C24H20ClN3O3. The number of para-hydroxylation sites is 1. The van der Waals surface area contributed by atoms with E-state index in [-0.39, 0.29) is 18.2 Å². The van der Waals surface area contributed by atoms with Crippen LogP contribution in [0.3, 0.4) is 0 Å². The zero-order valence-electron chi connectivity index (χ0n) is 16.8. The van der Waals surface area contributed by atoms with Crippen LogP contribution in [0.5, 0.6) is 11.6 Å². The summed E-state index contributed by atoms with van der Waals surface area (Å²) in [5.41, 5.74) is 2.94. The maximum atomic E-state index is 12.2. The van der Waals surface area contributed by atoms with Crippen LogP contribution < -0.4 is 4.74 Å². The van der Waals surface area contributed by atoms with Gasteiger partial charge in [0.05, 0.1) is 12.1 Å². The SMILES string of the molecule is Cc1cc(OCC(=O)N=Nc2c(O)n(Cc3ccccc3)c3ccccc23)ccc1Cl. The second-order valence-corrected chi connectivity index (χ2v) is 7.46. The molecule has 0 aliphatic carbocycles. The number of azo groups is 1. The van der Waals surface area contributed by atoms with Crippen molar-refractivity contribution in [1.29, 1.82) is 0 Å². The van der Waals surface area contributed by atoms with E-state index < -0.39 is 5.91 Å². The Morgan fingerprint density at radius 2 is 1.81 bits per heavy atom. The molecule has 4 rings (SSSR count). The lowest BCUT2D eigenvalue weighted by Gasteiger charge is -2.07. The van der Waals surface area contributed by atoms with Gasteiger partial charge >= 0.3 is 5.91 Å². The third-order valence-electron chi connectivity index (χ3n) is 4.85. The molecule has 0 radical (unpaired) electrons. The first-order valence-corrected chi connectivity index (χ1v) is 10.1. The van der Waals surface area contributed by atoms with Gasteiger partial charge in [-0.3, -0.25) is 4.79 Å². The molecular weight excluding hydrogens is 414 g/mol. The Balaban J connectivity index is 1.54. The molecule has 0 unspecified atom stereocenters. The van der Waals surface area contributed by atoms with Gasteiger partial charge in [0.15, 0.2) is 12.3 Å². The summed E-state index contributed by atoms with van der Waals surface area (Å²) in [5, 5.41) is 19.9. The number of fused-ring (bicyclic) bond motifs is 1. The van der Waals surface area contributed by atoms with Crippen LogP contribution in [0.2, 0.25) is 5.02 Å². The zero-order chi connectivity index (χ0) is 21.8. The van der Waals surface area contributed by atoms with Gasteiger partial charge in [0.2, 0.25) is 5.88 Å². The lowest BCUT2D eigenvalue weighted by atomic mass is 10.2. The number of aromatic nitrogens is 1. The van der Waals surface area contributed by atoms with E-state index in [1.165, 1.54) is 0 Å². The van der Waals surface area contributed by atoms with Crippen LogP contribution in [-0.4, -0.2) is 22.2 Å². The van der Waals surface area contributed by atoms with Crippen molar-refractivity contribution in [2.75, 3.05) is 6.61 Å². The molecule has 0 atom stereocenters. The van der Waals surface area contributed by atoms with Gasteiger partial charge in [-0.15, -0.1) is 10.2 Å². The minimum Gasteiger partial charge on any atom is -0.493 e. The van der Waals surface area contributed by atoms with E-state index in [1.807, 2.05) is 61.5 Å². The topological polar surface area (TPSA) is 76.2 Å². The Bertz CT molecular complexity index is 1270. The molecule has 31 heavy (non-hydrogen) atoms. The van der Waals surface area contributed by atoms with Crippen molar-refractivity contribution >= 4 is 34.1 Å². The third kappa shape index (κ3) is 4.59. The van der Waals surface area contributed by atoms with E-state index in [4.69, 9.17) is 16.3 Å². The van der Waals surface area contributed by atoms with Crippen molar-refractivity contribution in [3.63, 3.8) is 0 Å². The molecule has 0 bridgehead atoms. The molecule has 0 saturated heterocycles. The number of aryl methyl sites for hydroxylation is 1. The predicted octanol–water partition coefficient (Wildman–Crippen LogP) is 6.05. The van der Waals surface area contributed by atoms with E-state index in [9.17, 15) is 9.90 Å². The summed E-state index contributed by atoms with van der Waals surface area (Å²) in [7, 11) is 0. The Morgan fingerprint density at radius 1 is 1.06 bits per heavy atom. The summed E-state index contributed by atoms with van der Waals surface area (Å²) >= 11 is 5.99. The Morgan fingerprint density at radius 3 is 2.58 bits per heavy atom. The molecule has 3 aromatic carbocycles. The van der Waals surface area contributed by atoms with E-state index >= 15 is 0 Å². The van der Waals surface area contributed by atoms with E-state index in [0.717, 1.165) is 16.6 Å². The highest BCUT2D eigenvalue weighted by Crippen LogP contribution is 2.39. The third-order valence-corrected chi connectivity index (χ3v) is 5.28. The maximum Gasteiger partial charge on any atom is 0.302 e. The highest BCUT2D eigenvalue weighted by Gasteiger charge is 2.17. The number of carbonyl (C=O) groups is 1. The summed E-state index contributed by atoms with van der Waals surface area (Å²) < 4.78 is 7.21. The first kappa shape index (κ1) is 20.6. The number of amides is 1. The minimum absolute atomic E-state index is 0.0455. The number of ether oxygens (including phenoxy) is 1. The summed E-state index contributed by atoms with van der Waals surface area (Å²) in [6.45, 7) is 2.05. The standard InChI is InChI=1S/C24H20ClN3O3/c1-16-13-18(11-12-20(16)25)31-15-22(29)26-27-23-19-9-5-6-10-21(19)28(24(23)30)14-17-7-3-2-4-8-17/h2-13,30H,14-15H2,1H3. The Labute approximate surface area is 184 Å². The van der Waals surface area contributed by atoms with Gasteiger partial charge < -0.3 is 14.4 Å². The molecule has 7 heteroatoms. The van der Waals surface area contributed by atoms with Gasteiger partial charge in [0.25, 0.3) is 0 Å². The minimum atomic E-state index is -0.563. The quantitative estimate of drug-likeness (QED) is 0.376. The average molecular weight is 434 g/mol. The summed E-state index contributed by atoms with van der Waals surface area (Å²) in [4.78, 5) is 12.2. The van der Waals surface area contributed by atoms with Gasteiger partial charge in [-0.1, -0.05) is 60.1 Å². The fourth-order valence-corrected chi connectivity index (χ4v) is 3.40. The first-order chi connectivity index (χ1) is 15.0. The number of rotatable bonds is 6. The van der Waals surface area contributed by atoms with Crippen molar-refractivity contribution in [3.05, 3.63) is 88.9 Å². The summed E-state index contributed by atoms with van der Waals surface area (Å²) in [6, 6.07) is 22.4. The van der Waals surface area contributed by atoms with Crippen LogP contribution in [0, 0.1) is 6.92 Å². The number of nitrogens with zero attached hydrogens (tertiary/aromatic N) is 3. The maximum absolute atomic E-state index is 12.2. The normalized spacial score (nSPS) is 11.3. The van der Waals surface area contributed by atoms with E-state index in [2.05, 4.69) is 10.2 Å². The van der Waals surface area contributed by atoms with Crippen LogP contribution in [-0.2, 0) is 11.3 Å². The molecule has 0 aliphatic heterocycles. The van der Waals surface area contributed by atoms with E-state index in [1.54, 1.807) is 22.8 Å². The molecule has 1 amide bonds. The average Bonchev–Trinajstić information content (AvgIpc) is 3.05. The van der Waals surface area contributed by atoms with Crippen LogP contribution in [0.1, 0.15) is 11.1 Å². The van der Waals surface area contributed by atoms with Gasteiger partial charge in [0.1, 0.15) is 5.75 Å². The van der Waals surface area contributed by atoms with Gasteiger partial charge in [-0.05, 0) is 42.3 Å². The number of aromatic hydroxyl groups is 1. The molecule has 1 N–H and O–H groups in total. The molecule has 0 aliphatic rings. The van der Waals surface area contributed by atoms with Crippen LogP contribution in [0.25, 0.3) is 10.9 Å². The zero-order valence-corrected chi connectivity index (χ0v) is 17.6. The second kappa shape index (κ2) is 9.02. The highest BCUT2D eigenvalue weighted by molar-refractivity contribution is 6.31. The van der Waals surface area contributed by atoms with E-state index in [0.29, 0.717) is 22.7 Å². The highest BCUT2D eigenvalue weighted by atomic mass is 35.5. The molecule has 6 nitrogen and oxygen atoms in total. The van der Waals surface area contributed by atoms with Crippen molar-refractivity contribution in [1.82, 2.24) is 4.57 Å². The smallest absolute Gasteiger partial charge is 0.302 e. The Hall–Kier alpha value is -3.64. The number of carbonyl (C=O) groups excluding carboxylic acids is 1. The predicted molar refractivity (Wildman–Crippen MR) is 120 cm³/mol. The van der Waals surface area contributed by atoms with Gasteiger partial charge in [0, 0.05) is 10.4 Å². The summed E-state index contributed by atoms with van der Waals surface area (Å²) in [5.74, 6) is -0.0875. The summed E-state index contributed by atoms with van der Waals surface area (Å²) in [6.07, 6.45) is 0. The number of benzene rings is 3. The van der Waals surface area contributed by atoms with Crippen molar-refractivity contribution in [2.45, 2.75) is 13.5 Å². The van der Waals surface area contributed by atoms with Crippen LogP contribution >= 0.6 is 11.6 Å². The largest absolute Gasteiger partial charge is 0.493 e. The molecule has 0 saturated carbocycles. The lowest BCUT2D eigenvalue weighted by Crippen LogP contribution is -2.07. The van der Waals surface area contributed by atoms with Crippen molar-refractivity contribution in [2.24, 2.45) is 10.2 Å². The number of halogens is 1. The monoisotopic (exact) mass is 433 g/mol. The van der Waals surface area contributed by atoms with Crippen LogP contribution in [0.4, 0.5) is 5.69 Å². The van der Waals surface area contributed by atoms with Gasteiger partial charge in [-0.25, -0.2) is 0 Å². The first-order valence-electron chi connectivity index (χ1n) is 9.70. The molecule has 1 heterocycles. The lowest BCUT2D eigenvalue weighted by molar-refractivity contribution is -0.120. The molecule has 4 aromatic rings. The Kier molecular flexibility index (Phi) is 6.00. The van der Waals surface area contributed by atoms with Crippen molar-refractivity contribution in [3.8, 4) is 11.6 Å².